The molecule has 2 fully saturated rings. The molecule has 2 nitrogen and oxygen atoms in total. The summed E-state index contributed by atoms with van der Waals surface area (Å²) in [6.07, 6.45) is 6.98. The summed E-state index contributed by atoms with van der Waals surface area (Å²) in [6.45, 7) is 8.13. The highest BCUT2D eigenvalue weighted by molar-refractivity contribution is 5.81. The standard InChI is InChI=1S/C15H27NO/c1-12-8-13(2)10-16(9-12)11-14-6-4-3-5-7-15(14)17/h12-14H,3-11H2,1-2H3. The Hall–Kier alpha value is -0.370. The van der Waals surface area contributed by atoms with Gasteiger partial charge in [0.15, 0.2) is 0 Å². The molecular formula is C15H27NO. The zero-order valence-electron chi connectivity index (χ0n) is 11.5. The Morgan fingerprint density at radius 1 is 1.12 bits per heavy atom. The van der Waals surface area contributed by atoms with Gasteiger partial charge in [0.25, 0.3) is 0 Å². The van der Waals surface area contributed by atoms with E-state index in [2.05, 4.69) is 18.7 Å². The first-order valence-electron chi connectivity index (χ1n) is 7.40. The lowest BCUT2D eigenvalue weighted by Crippen LogP contribution is -2.42. The van der Waals surface area contributed by atoms with Gasteiger partial charge in [0.1, 0.15) is 5.78 Å². The van der Waals surface area contributed by atoms with Crippen molar-refractivity contribution in [1.82, 2.24) is 4.90 Å². The molecule has 1 saturated heterocycles. The molecule has 0 N–H and O–H groups in total. The van der Waals surface area contributed by atoms with Gasteiger partial charge in [0.05, 0.1) is 0 Å². The number of carbonyl (C=O) groups excluding carboxylic acids is 1. The number of Topliss-reactive ketones (excluding diaryl/α,β-unsaturated/α-hetero) is 1. The molecule has 1 aliphatic heterocycles. The Labute approximate surface area is 106 Å². The molecule has 2 rings (SSSR count). The monoisotopic (exact) mass is 237 g/mol. The summed E-state index contributed by atoms with van der Waals surface area (Å²) in [5, 5.41) is 0. The largest absolute Gasteiger partial charge is 0.302 e. The van der Waals surface area contributed by atoms with Crippen molar-refractivity contribution in [3.8, 4) is 0 Å². The molecule has 98 valence electrons. The molecule has 2 aliphatic rings. The molecule has 0 spiro atoms. The SMILES string of the molecule is CC1CC(C)CN(CC2CCCCCC2=O)C1. The van der Waals surface area contributed by atoms with E-state index in [4.69, 9.17) is 0 Å². The summed E-state index contributed by atoms with van der Waals surface area (Å²) < 4.78 is 0. The van der Waals surface area contributed by atoms with E-state index in [0.717, 1.165) is 37.6 Å². The average molecular weight is 237 g/mol. The molecule has 0 amide bonds. The molecule has 3 atom stereocenters. The number of nitrogens with zero attached hydrogens (tertiary/aromatic N) is 1. The Bertz CT molecular complexity index is 254. The van der Waals surface area contributed by atoms with E-state index >= 15 is 0 Å². The van der Waals surface area contributed by atoms with E-state index < -0.39 is 0 Å². The van der Waals surface area contributed by atoms with Crippen LogP contribution in [0.2, 0.25) is 0 Å². The second-order valence-electron chi connectivity index (χ2n) is 6.43. The molecule has 1 aliphatic carbocycles. The van der Waals surface area contributed by atoms with E-state index in [1.807, 2.05) is 0 Å². The molecule has 1 heterocycles. The summed E-state index contributed by atoms with van der Waals surface area (Å²) in [6, 6.07) is 0. The van der Waals surface area contributed by atoms with Crippen molar-refractivity contribution >= 4 is 5.78 Å². The zero-order chi connectivity index (χ0) is 12.3. The number of ketones is 1. The van der Waals surface area contributed by atoms with Crippen molar-refractivity contribution in [3.05, 3.63) is 0 Å². The van der Waals surface area contributed by atoms with E-state index in [1.54, 1.807) is 0 Å². The van der Waals surface area contributed by atoms with Crippen LogP contribution < -0.4 is 0 Å². The minimum Gasteiger partial charge on any atom is -0.302 e. The first-order chi connectivity index (χ1) is 8.15. The topological polar surface area (TPSA) is 20.3 Å². The van der Waals surface area contributed by atoms with E-state index in [9.17, 15) is 4.79 Å². The van der Waals surface area contributed by atoms with Gasteiger partial charge >= 0.3 is 0 Å². The van der Waals surface area contributed by atoms with E-state index in [-0.39, 0.29) is 0 Å². The Balaban J connectivity index is 1.88. The molecule has 1 saturated carbocycles. The highest BCUT2D eigenvalue weighted by Crippen LogP contribution is 2.25. The van der Waals surface area contributed by atoms with Crippen LogP contribution in [0.25, 0.3) is 0 Å². The molecule has 17 heavy (non-hydrogen) atoms. The Morgan fingerprint density at radius 2 is 1.82 bits per heavy atom. The third-order valence-corrected chi connectivity index (χ3v) is 4.35. The van der Waals surface area contributed by atoms with Gasteiger partial charge in [-0.25, -0.2) is 0 Å². The van der Waals surface area contributed by atoms with Crippen LogP contribution in [0, 0.1) is 17.8 Å². The summed E-state index contributed by atoms with van der Waals surface area (Å²) in [7, 11) is 0. The second kappa shape index (κ2) is 5.99. The Kier molecular flexibility index (Phi) is 4.61. The van der Waals surface area contributed by atoms with Crippen LogP contribution in [0.5, 0.6) is 0 Å². The summed E-state index contributed by atoms with van der Waals surface area (Å²) in [4.78, 5) is 14.6. The molecule has 0 radical (unpaired) electrons. The van der Waals surface area contributed by atoms with Gasteiger partial charge in [0.2, 0.25) is 0 Å². The molecule has 3 unspecified atom stereocenters. The van der Waals surface area contributed by atoms with E-state index in [0.29, 0.717) is 11.7 Å². The minimum atomic E-state index is 0.343. The minimum absolute atomic E-state index is 0.343. The quantitative estimate of drug-likeness (QED) is 0.688. The molecule has 2 heteroatoms. The first-order valence-corrected chi connectivity index (χ1v) is 7.40. The maximum absolute atomic E-state index is 12.0. The van der Waals surface area contributed by atoms with Gasteiger partial charge < -0.3 is 4.90 Å². The van der Waals surface area contributed by atoms with Crippen LogP contribution in [0.15, 0.2) is 0 Å². The van der Waals surface area contributed by atoms with Crippen LogP contribution in [0.3, 0.4) is 0 Å². The third kappa shape index (κ3) is 3.80. The highest BCUT2D eigenvalue weighted by Gasteiger charge is 2.27. The van der Waals surface area contributed by atoms with Gasteiger partial charge in [-0.1, -0.05) is 26.7 Å². The van der Waals surface area contributed by atoms with Crippen LogP contribution in [0.4, 0.5) is 0 Å². The second-order valence-corrected chi connectivity index (χ2v) is 6.43. The lowest BCUT2D eigenvalue weighted by Gasteiger charge is -2.36. The van der Waals surface area contributed by atoms with Gasteiger partial charge in [-0.2, -0.15) is 0 Å². The molecule has 0 aromatic carbocycles. The van der Waals surface area contributed by atoms with Crippen molar-refractivity contribution in [2.24, 2.45) is 17.8 Å². The maximum atomic E-state index is 12.0. The Morgan fingerprint density at radius 3 is 2.53 bits per heavy atom. The lowest BCUT2D eigenvalue weighted by molar-refractivity contribution is -0.123. The van der Waals surface area contributed by atoms with Crippen molar-refractivity contribution in [1.29, 1.82) is 0 Å². The van der Waals surface area contributed by atoms with Crippen LogP contribution in [0.1, 0.15) is 52.4 Å². The number of hydrogen-bond acceptors (Lipinski definition) is 2. The van der Waals surface area contributed by atoms with Crippen molar-refractivity contribution in [3.63, 3.8) is 0 Å². The lowest BCUT2D eigenvalue weighted by atomic mass is 9.90. The number of carbonyl (C=O) groups is 1. The fraction of sp³-hybridized carbons (Fsp3) is 0.933. The number of hydrogen-bond donors (Lipinski definition) is 0. The zero-order valence-corrected chi connectivity index (χ0v) is 11.5. The summed E-state index contributed by atoms with van der Waals surface area (Å²) in [5.41, 5.74) is 0. The first kappa shape index (κ1) is 13.1. The molecule has 0 bridgehead atoms. The number of likely N-dealkylation sites (tertiary alicyclic amines) is 1. The van der Waals surface area contributed by atoms with Crippen LogP contribution in [-0.2, 0) is 4.79 Å². The third-order valence-electron chi connectivity index (χ3n) is 4.35. The number of piperidine rings is 1. The van der Waals surface area contributed by atoms with Crippen molar-refractivity contribution in [2.45, 2.75) is 52.4 Å². The van der Waals surface area contributed by atoms with Crippen molar-refractivity contribution in [2.75, 3.05) is 19.6 Å². The molecular weight excluding hydrogens is 210 g/mol. The fourth-order valence-corrected chi connectivity index (χ4v) is 3.68. The predicted octanol–water partition coefficient (Wildman–Crippen LogP) is 3.11. The van der Waals surface area contributed by atoms with Gasteiger partial charge in [-0.3, -0.25) is 4.79 Å². The summed E-state index contributed by atoms with van der Waals surface area (Å²) in [5.74, 6) is 2.49. The van der Waals surface area contributed by atoms with Gasteiger partial charge in [-0.05, 0) is 31.1 Å². The van der Waals surface area contributed by atoms with Gasteiger partial charge in [-0.15, -0.1) is 0 Å². The predicted molar refractivity (Wildman–Crippen MR) is 71.0 cm³/mol. The highest BCUT2D eigenvalue weighted by atomic mass is 16.1. The van der Waals surface area contributed by atoms with Crippen LogP contribution in [-0.4, -0.2) is 30.3 Å². The summed E-state index contributed by atoms with van der Waals surface area (Å²) >= 11 is 0. The number of rotatable bonds is 2. The maximum Gasteiger partial charge on any atom is 0.137 e. The molecule has 0 aromatic rings. The normalized spacial score (nSPS) is 36.8. The smallest absolute Gasteiger partial charge is 0.137 e. The van der Waals surface area contributed by atoms with Crippen LogP contribution >= 0.6 is 0 Å². The fourth-order valence-electron chi connectivity index (χ4n) is 3.68. The molecule has 0 aromatic heterocycles. The van der Waals surface area contributed by atoms with E-state index in [1.165, 1.54) is 32.4 Å². The van der Waals surface area contributed by atoms with Gasteiger partial charge in [0, 0.05) is 32.0 Å². The average Bonchev–Trinajstić information content (AvgIpc) is 2.43. The van der Waals surface area contributed by atoms with Crippen molar-refractivity contribution < 1.29 is 4.79 Å².